The summed E-state index contributed by atoms with van der Waals surface area (Å²) in [4.78, 5) is 12.3. The molecule has 0 unspecified atom stereocenters. The van der Waals surface area contributed by atoms with Gasteiger partial charge in [0.2, 0.25) is 0 Å². The fraction of sp³-hybridized carbons (Fsp3) is 0.100. The molecule has 2 heterocycles. The Balaban J connectivity index is 2.08. The molecular weight excluding hydrogens is 265 g/mol. The van der Waals surface area contributed by atoms with Crippen molar-refractivity contribution in [2.75, 3.05) is 0 Å². The van der Waals surface area contributed by atoms with Gasteiger partial charge in [-0.15, -0.1) is 0 Å². The molecule has 2 rings (SSSR count). The fourth-order valence-electron chi connectivity index (χ4n) is 1.05. The molecule has 82 valence electrons. The van der Waals surface area contributed by atoms with Crippen molar-refractivity contribution in [3.63, 3.8) is 0 Å². The molecule has 16 heavy (non-hydrogen) atoms. The van der Waals surface area contributed by atoms with E-state index < -0.39 is 0 Å². The zero-order valence-electron chi connectivity index (χ0n) is 8.10. The lowest BCUT2D eigenvalue weighted by Gasteiger charge is -2.02. The van der Waals surface area contributed by atoms with Crippen molar-refractivity contribution in [3.05, 3.63) is 46.5 Å². The second kappa shape index (κ2) is 5.48. The van der Waals surface area contributed by atoms with Crippen molar-refractivity contribution in [2.45, 2.75) is 10.9 Å². The van der Waals surface area contributed by atoms with Crippen LogP contribution in [0.4, 0.5) is 0 Å². The largest absolute Gasteiger partial charge is 0.239 e. The highest BCUT2D eigenvalue weighted by molar-refractivity contribution is 7.98. The van der Waals surface area contributed by atoms with Gasteiger partial charge in [-0.2, -0.15) is 0 Å². The van der Waals surface area contributed by atoms with Crippen molar-refractivity contribution in [3.8, 4) is 0 Å². The first kappa shape index (κ1) is 11.6. The number of aromatic nitrogens is 3. The standard InChI is InChI=1S/C10H7Cl2N3S/c11-7-2-3-9(12)15-8(7)6-16-10-13-4-1-5-14-10/h1-5H,6H2. The molecule has 0 aromatic carbocycles. The van der Waals surface area contributed by atoms with Gasteiger partial charge in [-0.3, -0.25) is 0 Å². The average Bonchev–Trinajstić information content (AvgIpc) is 2.32. The van der Waals surface area contributed by atoms with E-state index in [-0.39, 0.29) is 0 Å². The van der Waals surface area contributed by atoms with Gasteiger partial charge in [0.15, 0.2) is 5.16 Å². The molecule has 2 aromatic heterocycles. The van der Waals surface area contributed by atoms with Gasteiger partial charge in [0.25, 0.3) is 0 Å². The van der Waals surface area contributed by atoms with Gasteiger partial charge in [-0.25, -0.2) is 15.0 Å². The summed E-state index contributed by atoms with van der Waals surface area (Å²) in [6.45, 7) is 0. The number of hydrogen-bond donors (Lipinski definition) is 0. The monoisotopic (exact) mass is 271 g/mol. The number of pyridine rings is 1. The van der Waals surface area contributed by atoms with Crippen LogP contribution in [0.1, 0.15) is 5.69 Å². The first-order valence-corrected chi connectivity index (χ1v) is 6.20. The minimum atomic E-state index is 0.439. The van der Waals surface area contributed by atoms with Crippen molar-refractivity contribution >= 4 is 35.0 Å². The predicted octanol–water partition coefficient (Wildman–Crippen LogP) is 3.47. The summed E-state index contributed by atoms with van der Waals surface area (Å²) in [5.41, 5.74) is 0.742. The smallest absolute Gasteiger partial charge is 0.187 e. The molecule has 0 atom stereocenters. The molecule has 0 N–H and O–H groups in total. The van der Waals surface area contributed by atoms with E-state index in [0.29, 0.717) is 21.1 Å². The molecule has 0 spiro atoms. The minimum Gasteiger partial charge on any atom is -0.239 e. The van der Waals surface area contributed by atoms with E-state index >= 15 is 0 Å². The van der Waals surface area contributed by atoms with Gasteiger partial charge in [0.1, 0.15) is 5.15 Å². The third kappa shape index (κ3) is 3.07. The number of nitrogens with zero attached hydrogens (tertiary/aromatic N) is 3. The molecule has 2 aromatic rings. The molecule has 0 saturated heterocycles. The molecule has 6 heteroatoms. The van der Waals surface area contributed by atoms with Crippen LogP contribution < -0.4 is 0 Å². The van der Waals surface area contributed by atoms with Crippen LogP contribution >= 0.6 is 35.0 Å². The lowest BCUT2D eigenvalue weighted by Crippen LogP contribution is -1.90. The number of rotatable bonds is 3. The Hall–Kier alpha value is -0.840. The van der Waals surface area contributed by atoms with Gasteiger partial charge in [-0.05, 0) is 18.2 Å². The van der Waals surface area contributed by atoms with Crippen molar-refractivity contribution in [1.29, 1.82) is 0 Å². The molecule has 0 saturated carbocycles. The SMILES string of the molecule is Clc1ccc(Cl)c(CSc2ncccn2)n1. The average molecular weight is 272 g/mol. The van der Waals surface area contributed by atoms with Crippen LogP contribution in [0.25, 0.3) is 0 Å². The van der Waals surface area contributed by atoms with Crippen LogP contribution in [0.3, 0.4) is 0 Å². The van der Waals surface area contributed by atoms with Gasteiger partial charge in [0, 0.05) is 18.1 Å². The lowest BCUT2D eigenvalue weighted by molar-refractivity contribution is 0.964. The molecule has 0 amide bonds. The van der Waals surface area contributed by atoms with Crippen molar-refractivity contribution in [2.24, 2.45) is 0 Å². The van der Waals surface area contributed by atoms with Gasteiger partial charge >= 0.3 is 0 Å². The maximum Gasteiger partial charge on any atom is 0.187 e. The predicted molar refractivity (Wildman–Crippen MR) is 65.9 cm³/mol. The molecule has 0 aliphatic heterocycles. The fourth-order valence-corrected chi connectivity index (χ4v) is 2.22. The molecule has 0 bridgehead atoms. The summed E-state index contributed by atoms with van der Waals surface area (Å²) >= 11 is 13.2. The van der Waals surface area contributed by atoms with Crippen LogP contribution in [-0.4, -0.2) is 15.0 Å². The second-order valence-corrected chi connectivity index (χ2v) is 4.62. The molecule has 0 fully saturated rings. The van der Waals surface area contributed by atoms with E-state index in [1.807, 2.05) is 0 Å². The Kier molecular flexibility index (Phi) is 3.98. The normalized spacial score (nSPS) is 10.4. The molecule has 0 radical (unpaired) electrons. The summed E-state index contributed by atoms with van der Waals surface area (Å²) < 4.78 is 0. The van der Waals surface area contributed by atoms with Gasteiger partial charge in [0.05, 0.1) is 10.7 Å². The quantitative estimate of drug-likeness (QED) is 0.487. The summed E-state index contributed by atoms with van der Waals surface area (Å²) in [6.07, 6.45) is 3.39. The first-order valence-electron chi connectivity index (χ1n) is 4.46. The van der Waals surface area contributed by atoms with Gasteiger partial charge < -0.3 is 0 Å². The second-order valence-electron chi connectivity index (χ2n) is 2.88. The zero-order valence-corrected chi connectivity index (χ0v) is 10.4. The Morgan fingerprint density at radius 3 is 2.62 bits per heavy atom. The van der Waals surface area contributed by atoms with E-state index in [1.54, 1.807) is 30.6 Å². The molecular formula is C10H7Cl2N3S. The molecule has 3 nitrogen and oxygen atoms in total. The first-order chi connectivity index (χ1) is 7.75. The number of thioether (sulfide) groups is 1. The van der Waals surface area contributed by atoms with Crippen LogP contribution in [-0.2, 0) is 5.75 Å². The Morgan fingerprint density at radius 1 is 1.12 bits per heavy atom. The van der Waals surface area contributed by atoms with Crippen LogP contribution in [0, 0.1) is 0 Å². The zero-order chi connectivity index (χ0) is 11.4. The Morgan fingerprint density at radius 2 is 1.88 bits per heavy atom. The third-order valence-corrected chi connectivity index (χ3v) is 3.21. The molecule has 0 aliphatic rings. The summed E-state index contributed by atoms with van der Waals surface area (Å²) in [5, 5.41) is 1.74. The highest BCUT2D eigenvalue weighted by Gasteiger charge is 2.05. The number of halogens is 2. The maximum absolute atomic E-state index is 5.99. The van der Waals surface area contributed by atoms with E-state index in [0.717, 1.165) is 5.69 Å². The Bertz CT molecular complexity index is 479. The van der Waals surface area contributed by atoms with E-state index in [2.05, 4.69) is 15.0 Å². The topological polar surface area (TPSA) is 38.7 Å². The van der Waals surface area contributed by atoms with Crippen molar-refractivity contribution in [1.82, 2.24) is 15.0 Å². The Labute approximate surface area is 107 Å². The van der Waals surface area contributed by atoms with Crippen LogP contribution in [0.15, 0.2) is 35.7 Å². The van der Waals surface area contributed by atoms with E-state index in [9.17, 15) is 0 Å². The maximum atomic E-state index is 5.99. The number of hydrogen-bond acceptors (Lipinski definition) is 4. The minimum absolute atomic E-state index is 0.439. The highest BCUT2D eigenvalue weighted by Crippen LogP contribution is 2.24. The van der Waals surface area contributed by atoms with Gasteiger partial charge in [-0.1, -0.05) is 35.0 Å². The summed E-state index contributed by atoms with van der Waals surface area (Å²) in [5.74, 6) is 0.601. The van der Waals surface area contributed by atoms with E-state index in [1.165, 1.54) is 11.8 Å². The summed E-state index contributed by atoms with van der Waals surface area (Å²) in [7, 11) is 0. The van der Waals surface area contributed by atoms with Crippen LogP contribution in [0.5, 0.6) is 0 Å². The third-order valence-electron chi connectivity index (χ3n) is 1.76. The van der Waals surface area contributed by atoms with Crippen molar-refractivity contribution < 1.29 is 0 Å². The molecule has 0 aliphatic carbocycles. The lowest BCUT2D eigenvalue weighted by atomic mass is 10.4. The van der Waals surface area contributed by atoms with E-state index in [4.69, 9.17) is 23.2 Å². The highest BCUT2D eigenvalue weighted by atomic mass is 35.5. The summed E-state index contributed by atoms with van der Waals surface area (Å²) in [6, 6.07) is 5.17. The van der Waals surface area contributed by atoms with Crippen LogP contribution in [0.2, 0.25) is 10.2 Å².